The zero-order valence-electron chi connectivity index (χ0n) is 20.2. The van der Waals surface area contributed by atoms with E-state index < -0.39 is 21.2 Å². The topological polar surface area (TPSA) is 114 Å². The van der Waals surface area contributed by atoms with E-state index in [-0.39, 0.29) is 10.5 Å². The molecule has 4 aromatic rings. The minimum absolute atomic E-state index is 0.164. The second-order valence-electron chi connectivity index (χ2n) is 9.18. The lowest BCUT2D eigenvalue weighted by Gasteiger charge is -2.19. The Morgan fingerprint density at radius 3 is 2.39 bits per heavy atom. The Morgan fingerprint density at radius 2 is 1.75 bits per heavy atom. The van der Waals surface area contributed by atoms with Gasteiger partial charge in [-0.05, 0) is 78.6 Å². The summed E-state index contributed by atoms with van der Waals surface area (Å²) in [6, 6.07) is 23.8. The number of hydrogen-bond acceptors (Lipinski definition) is 5. The molecule has 0 radical (unpaired) electrons. The van der Waals surface area contributed by atoms with Gasteiger partial charge < -0.3 is 5.73 Å². The first-order valence-electron chi connectivity index (χ1n) is 11.2. The number of nitriles is 1. The maximum Gasteiger partial charge on any atom is 0.249 e. The molecule has 0 saturated heterocycles. The molecule has 3 aromatic carbocycles. The van der Waals surface area contributed by atoms with E-state index in [2.05, 4.69) is 11.1 Å². The monoisotopic (exact) mass is 495 g/mol. The molecular formula is C29H25N3O3S. The van der Waals surface area contributed by atoms with Crippen molar-refractivity contribution in [3.05, 3.63) is 95.7 Å². The number of benzene rings is 3. The number of sulfone groups is 1. The van der Waals surface area contributed by atoms with Gasteiger partial charge in [-0.25, -0.2) is 8.42 Å². The molecule has 180 valence electrons. The van der Waals surface area contributed by atoms with Crippen LogP contribution in [-0.4, -0.2) is 25.6 Å². The molecule has 0 bridgehead atoms. The number of nitrogens with zero attached hydrogens (tertiary/aromatic N) is 2. The maximum atomic E-state index is 12.3. The van der Waals surface area contributed by atoms with Crippen molar-refractivity contribution < 1.29 is 13.2 Å². The van der Waals surface area contributed by atoms with Crippen molar-refractivity contribution in [1.29, 1.82) is 5.26 Å². The molecule has 0 atom stereocenters. The Hall–Kier alpha value is -4.28. The molecule has 0 saturated carbocycles. The Kier molecular flexibility index (Phi) is 6.49. The minimum Gasteiger partial charge on any atom is -0.366 e. The highest BCUT2D eigenvalue weighted by Crippen LogP contribution is 2.34. The number of carbonyl (C=O) groups excluding carboxylic acids is 1. The van der Waals surface area contributed by atoms with E-state index in [0.29, 0.717) is 5.56 Å². The third-order valence-electron chi connectivity index (χ3n) is 6.07. The fourth-order valence-electron chi connectivity index (χ4n) is 3.98. The van der Waals surface area contributed by atoms with Gasteiger partial charge in [0, 0.05) is 29.0 Å². The van der Waals surface area contributed by atoms with Gasteiger partial charge in [0.05, 0.1) is 21.9 Å². The van der Waals surface area contributed by atoms with Crippen LogP contribution in [0.2, 0.25) is 0 Å². The lowest BCUT2D eigenvalue weighted by Crippen LogP contribution is -2.14. The van der Waals surface area contributed by atoms with Crippen LogP contribution in [0.1, 0.15) is 30.5 Å². The van der Waals surface area contributed by atoms with Gasteiger partial charge in [-0.15, -0.1) is 0 Å². The predicted molar refractivity (Wildman–Crippen MR) is 142 cm³/mol. The molecule has 1 amide bonds. The summed E-state index contributed by atoms with van der Waals surface area (Å²) in [6.45, 7) is 3.75. The van der Waals surface area contributed by atoms with Gasteiger partial charge in [0.15, 0.2) is 9.84 Å². The number of pyridine rings is 1. The standard InChI is InChI=1S/C29H25N3O3S/c1-29(2,18-30)23-16-22-8-5-13-32-27(22)25(17-23)21-7-4-6-19(14-21)15-26(28(31)33)20-9-11-24(12-10-20)36(3,34)35/h4-17H,1-3H3,(H2,31,33)/b26-15+. The van der Waals surface area contributed by atoms with Crippen molar-refractivity contribution in [3.63, 3.8) is 0 Å². The summed E-state index contributed by atoms with van der Waals surface area (Å²) in [5.41, 5.74) is 9.95. The van der Waals surface area contributed by atoms with E-state index in [0.717, 1.165) is 39.4 Å². The van der Waals surface area contributed by atoms with Crippen LogP contribution in [0.5, 0.6) is 0 Å². The fraction of sp³-hybridized carbons (Fsp3) is 0.138. The molecular weight excluding hydrogens is 470 g/mol. The average molecular weight is 496 g/mol. The minimum atomic E-state index is -3.36. The number of aromatic nitrogens is 1. The van der Waals surface area contributed by atoms with E-state index >= 15 is 0 Å². The van der Waals surface area contributed by atoms with Crippen LogP contribution < -0.4 is 5.73 Å². The Morgan fingerprint density at radius 1 is 1.03 bits per heavy atom. The SMILES string of the molecule is CC(C)(C#N)c1cc(-c2cccc(/C=C(/C(N)=O)c3ccc(S(C)(=O)=O)cc3)c2)c2ncccc2c1. The van der Waals surface area contributed by atoms with Crippen LogP contribution in [0.25, 0.3) is 33.7 Å². The Bertz CT molecular complexity index is 1660. The van der Waals surface area contributed by atoms with E-state index in [1.807, 2.05) is 62.4 Å². The summed E-state index contributed by atoms with van der Waals surface area (Å²) < 4.78 is 23.6. The van der Waals surface area contributed by atoms with Crippen molar-refractivity contribution in [2.45, 2.75) is 24.2 Å². The number of carbonyl (C=O) groups is 1. The first-order chi connectivity index (χ1) is 17.0. The van der Waals surface area contributed by atoms with Crippen LogP contribution in [0, 0.1) is 11.3 Å². The number of primary amides is 1. The highest BCUT2D eigenvalue weighted by molar-refractivity contribution is 7.90. The number of rotatable bonds is 6. The van der Waals surface area contributed by atoms with Crippen molar-refractivity contribution in [1.82, 2.24) is 4.98 Å². The molecule has 0 aliphatic carbocycles. The fourth-order valence-corrected chi connectivity index (χ4v) is 4.61. The highest BCUT2D eigenvalue weighted by atomic mass is 32.2. The van der Waals surface area contributed by atoms with Gasteiger partial charge in [0.25, 0.3) is 0 Å². The van der Waals surface area contributed by atoms with Crippen LogP contribution >= 0.6 is 0 Å². The van der Waals surface area contributed by atoms with Gasteiger partial charge in [-0.2, -0.15) is 5.26 Å². The van der Waals surface area contributed by atoms with E-state index in [9.17, 15) is 18.5 Å². The smallest absolute Gasteiger partial charge is 0.249 e. The van der Waals surface area contributed by atoms with Crippen LogP contribution in [0.3, 0.4) is 0 Å². The summed E-state index contributed by atoms with van der Waals surface area (Å²) in [7, 11) is -3.36. The first-order valence-corrected chi connectivity index (χ1v) is 13.1. The number of hydrogen-bond donors (Lipinski definition) is 1. The normalized spacial score (nSPS) is 12.3. The van der Waals surface area contributed by atoms with Gasteiger partial charge in [0.1, 0.15) is 0 Å². The van der Waals surface area contributed by atoms with E-state index in [1.54, 1.807) is 24.4 Å². The molecule has 36 heavy (non-hydrogen) atoms. The quantitative estimate of drug-likeness (QED) is 0.294. The maximum absolute atomic E-state index is 12.3. The van der Waals surface area contributed by atoms with Crippen molar-refractivity contribution in [3.8, 4) is 17.2 Å². The molecule has 0 spiro atoms. The molecule has 0 aliphatic heterocycles. The van der Waals surface area contributed by atoms with E-state index in [1.165, 1.54) is 12.1 Å². The highest BCUT2D eigenvalue weighted by Gasteiger charge is 2.22. The van der Waals surface area contributed by atoms with Crippen molar-refractivity contribution >= 4 is 38.3 Å². The lowest BCUT2D eigenvalue weighted by molar-refractivity contribution is -0.112. The predicted octanol–water partition coefficient (Wildman–Crippen LogP) is 5.13. The van der Waals surface area contributed by atoms with Crippen LogP contribution in [0.15, 0.2) is 83.9 Å². The Labute approximate surface area is 210 Å². The Balaban J connectivity index is 1.84. The molecule has 1 heterocycles. The molecule has 7 heteroatoms. The molecule has 4 rings (SSSR count). The van der Waals surface area contributed by atoms with Gasteiger partial charge in [0.2, 0.25) is 5.91 Å². The van der Waals surface area contributed by atoms with Crippen LogP contribution in [0.4, 0.5) is 0 Å². The second-order valence-corrected chi connectivity index (χ2v) is 11.2. The molecule has 0 fully saturated rings. The molecule has 0 aliphatic rings. The van der Waals surface area contributed by atoms with Gasteiger partial charge in [-0.1, -0.05) is 36.4 Å². The van der Waals surface area contributed by atoms with Crippen molar-refractivity contribution in [2.75, 3.05) is 6.26 Å². The van der Waals surface area contributed by atoms with Crippen molar-refractivity contribution in [2.24, 2.45) is 5.73 Å². The third kappa shape index (κ3) is 5.04. The number of amides is 1. The molecule has 0 unspecified atom stereocenters. The second kappa shape index (κ2) is 9.40. The number of fused-ring (bicyclic) bond motifs is 1. The summed E-state index contributed by atoms with van der Waals surface area (Å²) >= 11 is 0. The zero-order valence-corrected chi connectivity index (χ0v) is 21.0. The molecule has 6 nitrogen and oxygen atoms in total. The molecule has 1 aromatic heterocycles. The third-order valence-corrected chi connectivity index (χ3v) is 7.20. The molecule has 2 N–H and O–H groups in total. The summed E-state index contributed by atoms with van der Waals surface area (Å²) in [4.78, 5) is 17.0. The largest absolute Gasteiger partial charge is 0.366 e. The van der Waals surface area contributed by atoms with E-state index in [4.69, 9.17) is 5.73 Å². The summed E-state index contributed by atoms with van der Waals surface area (Å²) in [5, 5.41) is 10.6. The van der Waals surface area contributed by atoms with Gasteiger partial charge in [-0.3, -0.25) is 9.78 Å². The first kappa shape index (κ1) is 24.8. The summed E-state index contributed by atoms with van der Waals surface area (Å²) in [5.74, 6) is -0.627. The zero-order chi connectivity index (χ0) is 26.1. The lowest BCUT2D eigenvalue weighted by atomic mass is 9.83. The average Bonchev–Trinajstić information content (AvgIpc) is 2.86. The van der Waals surface area contributed by atoms with Crippen LogP contribution in [-0.2, 0) is 20.0 Å². The van der Waals surface area contributed by atoms with Gasteiger partial charge >= 0.3 is 0 Å². The number of nitrogens with two attached hydrogens (primary N) is 1. The summed E-state index contributed by atoms with van der Waals surface area (Å²) in [6.07, 6.45) is 4.54.